The fourth-order valence-corrected chi connectivity index (χ4v) is 2.27. The third kappa shape index (κ3) is 3.66. The van der Waals surface area contributed by atoms with Gasteiger partial charge in [-0.1, -0.05) is 0 Å². The lowest BCUT2D eigenvalue weighted by Gasteiger charge is -2.19. The minimum atomic E-state index is -0.240. The zero-order valence-electron chi connectivity index (χ0n) is 10.3. The summed E-state index contributed by atoms with van der Waals surface area (Å²) >= 11 is 3.26. The first-order valence-electron chi connectivity index (χ1n) is 5.97. The standard InChI is InChI=1S/C12H14BrN3O3/c13-9-2-3-11(18)16(6-9)8-12(19)15-5-1-4-14-10(17)7-15/h2-3,6H,1,4-5,7-8H2,(H,14,17). The average Bonchev–Trinajstić information content (AvgIpc) is 2.58. The third-order valence-corrected chi connectivity index (χ3v) is 3.34. The topological polar surface area (TPSA) is 71.4 Å². The lowest BCUT2D eigenvalue weighted by molar-refractivity contribution is -0.135. The van der Waals surface area contributed by atoms with Gasteiger partial charge in [0.15, 0.2) is 0 Å². The Morgan fingerprint density at radius 2 is 2.16 bits per heavy atom. The lowest BCUT2D eigenvalue weighted by Crippen LogP contribution is -2.40. The number of carbonyl (C=O) groups excluding carboxylic acids is 2. The van der Waals surface area contributed by atoms with E-state index in [-0.39, 0.29) is 30.5 Å². The lowest BCUT2D eigenvalue weighted by atomic mass is 10.3. The Kier molecular flexibility index (Phi) is 4.36. The van der Waals surface area contributed by atoms with Crippen molar-refractivity contribution < 1.29 is 9.59 Å². The van der Waals surface area contributed by atoms with Gasteiger partial charge in [0.1, 0.15) is 6.54 Å². The van der Waals surface area contributed by atoms with E-state index in [4.69, 9.17) is 0 Å². The van der Waals surface area contributed by atoms with Gasteiger partial charge >= 0.3 is 0 Å². The highest BCUT2D eigenvalue weighted by Gasteiger charge is 2.20. The van der Waals surface area contributed by atoms with Crippen LogP contribution in [0, 0.1) is 0 Å². The van der Waals surface area contributed by atoms with Gasteiger partial charge in [-0.05, 0) is 28.4 Å². The number of rotatable bonds is 2. The van der Waals surface area contributed by atoms with Crippen molar-refractivity contribution in [3.63, 3.8) is 0 Å². The molecule has 0 spiro atoms. The second-order valence-electron chi connectivity index (χ2n) is 4.33. The summed E-state index contributed by atoms with van der Waals surface area (Å²) in [5, 5.41) is 2.70. The Balaban J connectivity index is 2.09. The molecule has 1 N–H and O–H groups in total. The number of hydrogen-bond donors (Lipinski definition) is 1. The normalized spacial score (nSPS) is 15.8. The molecule has 0 unspecified atom stereocenters. The fourth-order valence-electron chi connectivity index (χ4n) is 1.89. The van der Waals surface area contributed by atoms with Crippen LogP contribution in [0.5, 0.6) is 0 Å². The van der Waals surface area contributed by atoms with Crippen molar-refractivity contribution in [3.05, 3.63) is 33.2 Å². The smallest absolute Gasteiger partial charge is 0.251 e. The summed E-state index contributed by atoms with van der Waals surface area (Å²) in [7, 11) is 0. The van der Waals surface area contributed by atoms with Crippen LogP contribution in [0.25, 0.3) is 0 Å². The van der Waals surface area contributed by atoms with Gasteiger partial charge in [0.25, 0.3) is 5.56 Å². The van der Waals surface area contributed by atoms with Crippen LogP contribution in [-0.4, -0.2) is 40.9 Å². The predicted molar refractivity (Wildman–Crippen MR) is 72.6 cm³/mol. The van der Waals surface area contributed by atoms with Crippen LogP contribution >= 0.6 is 15.9 Å². The van der Waals surface area contributed by atoms with Crippen molar-refractivity contribution >= 4 is 27.7 Å². The maximum Gasteiger partial charge on any atom is 0.251 e. The number of aromatic nitrogens is 1. The zero-order valence-corrected chi connectivity index (χ0v) is 11.9. The number of nitrogens with zero attached hydrogens (tertiary/aromatic N) is 2. The van der Waals surface area contributed by atoms with E-state index in [0.717, 1.165) is 10.9 Å². The van der Waals surface area contributed by atoms with Gasteiger partial charge in [-0.15, -0.1) is 0 Å². The molecule has 2 heterocycles. The van der Waals surface area contributed by atoms with Crippen molar-refractivity contribution in [1.82, 2.24) is 14.8 Å². The monoisotopic (exact) mass is 327 g/mol. The van der Waals surface area contributed by atoms with Gasteiger partial charge in [-0.2, -0.15) is 0 Å². The quantitative estimate of drug-likeness (QED) is 0.828. The molecule has 2 amide bonds. The molecule has 0 radical (unpaired) electrons. The second kappa shape index (κ2) is 6.01. The van der Waals surface area contributed by atoms with Gasteiger partial charge in [0.05, 0.1) is 6.54 Å². The number of nitrogens with one attached hydrogen (secondary N) is 1. The van der Waals surface area contributed by atoms with Gasteiger partial charge in [-0.3, -0.25) is 14.4 Å². The SMILES string of the molecule is O=C1CN(C(=O)Cn2cc(Br)ccc2=O)CCCN1. The number of amides is 2. The molecule has 0 atom stereocenters. The molecular weight excluding hydrogens is 314 g/mol. The van der Waals surface area contributed by atoms with Crippen molar-refractivity contribution in [2.75, 3.05) is 19.6 Å². The molecule has 0 aromatic carbocycles. The Morgan fingerprint density at radius 3 is 2.95 bits per heavy atom. The first-order chi connectivity index (χ1) is 9.06. The van der Waals surface area contributed by atoms with E-state index < -0.39 is 0 Å². The molecule has 1 aliphatic rings. The van der Waals surface area contributed by atoms with Crippen LogP contribution in [0.3, 0.4) is 0 Å². The zero-order chi connectivity index (χ0) is 13.8. The van der Waals surface area contributed by atoms with Gasteiger partial charge in [-0.25, -0.2) is 0 Å². The average molecular weight is 328 g/mol. The molecular formula is C12H14BrN3O3. The maximum atomic E-state index is 12.1. The fraction of sp³-hybridized carbons (Fsp3) is 0.417. The van der Waals surface area contributed by atoms with Crippen molar-refractivity contribution in [2.24, 2.45) is 0 Å². The van der Waals surface area contributed by atoms with Crippen molar-refractivity contribution in [2.45, 2.75) is 13.0 Å². The Morgan fingerprint density at radius 1 is 1.37 bits per heavy atom. The van der Waals surface area contributed by atoms with E-state index in [0.29, 0.717) is 13.1 Å². The largest absolute Gasteiger partial charge is 0.354 e. The van der Waals surface area contributed by atoms with E-state index in [1.807, 2.05) is 0 Å². The first kappa shape index (κ1) is 13.8. The summed E-state index contributed by atoms with van der Waals surface area (Å²) < 4.78 is 2.06. The molecule has 2 rings (SSSR count). The predicted octanol–water partition coefficient (Wildman–Crippen LogP) is -0.0407. The van der Waals surface area contributed by atoms with Gasteiger partial charge in [0, 0.05) is 29.8 Å². The Hall–Kier alpha value is -1.63. The maximum absolute atomic E-state index is 12.1. The molecule has 1 saturated heterocycles. The van der Waals surface area contributed by atoms with Crippen LogP contribution in [0.1, 0.15) is 6.42 Å². The summed E-state index contributed by atoms with van der Waals surface area (Å²) in [5.74, 6) is -0.385. The Labute approximate surface area is 118 Å². The molecule has 1 fully saturated rings. The molecule has 0 bridgehead atoms. The number of hydrogen-bond acceptors (Lipinski definition) is 3. The van der Waals surface area contributed by atoms with E-state index in [2.05, 4.69) is 21.2 Å². The highest BCUT2D eigenvalue weighted by Crippen LogP contribution is 2.05. The number of carbonyl (C=O) groups is 2. The van der Waals surface area contributed by atoms with Gasteiger partial charge in [0.2, 0.25) is 11.8 Å². The third-order valence-electron chi connectivity index (χ3n) is 2.87. The Bertz CT molecular complexity index is 555. The molecule has 6 nitrogen and oxygen atoms in total. The highest BCUT2D eigenvalue weighted by atomic mass is 79.9. The molecule has 1 aromatic rings. The number of pyridine rings is 1. The summed E-state index contributed by atoms with van der Waals surface area (Å²) in [4.78, 5) is 36.6. The second-order valence-corrected chi connectivity index (χ2v) is 5.25. The van der Waals surface area contributed by atoms with Crippen LogP contribution in [0.15, 0.2) is 27.6 Å². The van der Waals surface area contributed by atoms with E-state index in [9.17, 15) is 14.4 Å². The molecule has 0 aliphatic carbocycles. The van der Waals surface area contributed by atoms with Crippen LogP contribution in [0.2, 0.25) is 0 Å². The first-order valence-corrected chi connectivity index (χ1v) is 6.76. The summed E-state index contributed by atoms with van der Waals surface area (Å²) in [6, 6.07) is 3.02. The van der Waals surface area contributed by atoms with Crippen LogP contribution < -0.4 is 10.9 Å². The van der Waals surface area contributed by atoms with Crippen LogP contribution in [-0.2, 0) is 16.1 Å². The summed E-state index contributed by atoms with van der Waals surface area (Å²) in [5.41, 5.74) is -0.240. The summed E-state index contributed by atoms with van der Waals surface area (Å²) in [6.07, 6.45) is 2.29. The molecule has 19 heavy (non-hydrogen) atoms. The van der Waals surface area contributed by atoms with Crippen molar-refractivity contribution in [1.29, 1.82) is 0 Å². The minimum Gasteiger partial charge on any atom is -0.354 e. The molecule has 0 saturated carbocycles. The number of halogens is 1. The van der Waals surface area contributed by atoms with Crippen molar-refractivity contribution in [3.8, 4) is 0 Å². The highest BCUT2D eigenvalue weighted by molar-refractivity contribution is 9.10. The molecule has 7 heteroatoms. The minimum absolute atomic E-state index is 0.0500. The van der Waals surface area contributed by atoms with E-state index >= 15 is 0 Å². The van der Waals surface area contributed by atoms with E-state index in [1.165, 1.54) is 15.5 Å². The molecule has 1 aliphatic heterocycles. The van der Waals surface area contributed by atoms with Gasteiger partial charge < -0.3 is 14.8 Å². The summed E-state index contributed by atoms with van der Waals surface area (Å²) in [6.45, 7) is 1.12. The molecule has 1 aromatic heterocycles. The molecule has 102 valence electrons. The van der Waals surface area contributed by atoms with E-state index in [1.54, 1.807) is 12.3 Å². The van der Waals surface area contributed by atoms with Crippen LogP contribution in [0.4, 0.5) is 0 Å².